The normalized spacial score (nSPS) is 32.0. The Labute approximate surface area is 196 Å². The van der Waals surface area contributed by atoms with Crippen LogP contribution in [0.15, 0.2) is 43.0 Å². The summed E-state index contributed by atoms with van der Waals surface area (Å²) in [5.41, 5.74) is -1.13. The van der Waals surface area contributed by atoms with Gasteiger partial charge in [0.05, 0.1) is 5.69 Å². The van der Waals surface area contributed by atoms with Crippen molar-refractivity contribution in [2.24, 2.45) is 5.92 Å². The van der Waals surface area contributed by atoms with Crippen molar-refractivity contribution in [3.05, 3.63) is 48.6 Å². The van der Waals surface area contributed by atoms with Crippen molar-refractivity contribution in [3.63, 3.8) is 0 Å². The van der Waals surface area contributed by atoms with Crippen molar-refractivity contribution in [2.45, 2.75) is 49.7 Å². The molecule has 11 nitrogen and oxygen atoms in total. The summed E-state index contributed by atoms with van der Waals surface area (Å²) in [6.45, 7) is 5.36. The van der Waals surface area contributed by atoms with Gasteiger partial charge >= 0.3 is 0 Å². The van der Waals surface area contributed by atoms with E-state index in [1.54, 1.807) is 25.1 Å². The predicted molar refractivity (Wildman–Crippen MR) is 120 cm³/mol. The molecule has 1 aromatic carbocycles. The van der Waals surface area contributed by atoms with Crippen LogP contribution in [0.4, 0.5) is 11.4 Å². The van der Waals surface area contributed by atoms with Crippen molar-refractivity contribution < 1.29 is 45.0 Å². The van der Waals surface area contributed by atoms with Gasteiger partial charge in [0.15, 0.2) is 18.0 Å². The van der Waals surface area contributed by atoms with E-state index in [-0.39, 0.29) is 24.4 Å². The minimum Gasteiger partial charge on any atom is -0.396 e. The third-order valence-electron chi connectivity index (χ3n) is 6.07. The standard InChI is InChI=1S/C23H30N2O9/c1-3-9-25-15-8-7-13(24-20(30)19-17(28)16(27)18(29)21(31)34-19)11-14(15)23(33,22(25)32)12(2)6-4-5-10-26/h3-4,6-8,11-12,16-19,21,26-29,31,33H,1,5,9-10H2,2H3,(H,24,30)/b6-4+/t12-,16-,17-,18+,19-,21+,23+/m0/s1. The maximum atomic E-state index is 13.2. The van der Waals surface area contributed by atoms with Crippen LogP contribution in [-0.2, 0) is 19.9 Å². The molecule has 1 aromatic rings. The highest BCUT2D eigenvalue weighted by atomic mass is 16.6. The summed E-state index contributed by atoms with van der Waals surface area (Å²) in [4.78, 5) is 27.3. The van der Waals surface area contributed by atoms with Gasteiger partial charge in [0.1, 0.15) is 18.3 Å². The van der Waals surface area contributed by atoms with E-state index < -0.39 is 54.0 Å². The Morgan fingerprint density at radius 3 is 2.62 bits per heavy atom. The molecule has 2 heterocycles. The van der Waals surface area contributed by atoms with Gasteiger partial charge in [-0.1, -0.05) is 25.2 Å². The van der Waals surface area contributed by atoms with Crippen molar-refractivity contribution in [1.82, 2.24) is 0 Å². The quantitative estimate of drug-likeness (QED) is 0.224. The lowest BCUT2D eigenvalue weighted by atomic mass is 9.82. The van der Waals surface area contributed by atoms with E-state index in [2.05, 4.69) is 11.9 Å². The number of nitrogens with zero attached hydrogens (tertiary/aromatic N) is 1. The van der Waals surface area contributed by atoms with Gasteiger partial charge in [0, 0.05) is 30.3 Å². The van der Waals surface area contributed by atoms with Crippen molar-refractivity contribution in [3.8, 4) is 0 Å². The van der Waals surface area contributed by atoms with Crippen LogP contribution in [0.3, 0.4) is 0 Å². The van der Waals surface area contributed by atoms with Crippen molar-refractivity contribution in [1.29, 1.82) is 0 Å². The average Bonchev–Trinajstić information content (AvgIpc) is 3.02. The molecule has 3 rings (SSSR count). The fraction of sp³-hybridized carbons (Fsp3) is 0.478. The van der Waals surface area contributed by atoms with E-state index in [4.69, 9.17) is 9.84 Å². The highest BCUT2D eigenvalue weighted by Crippen LogP contribution is 2.46. The number of rotatable bonds is 8. The number of anilines is 2. The second-order valence-electron chi connectivity index (χ2n) is 8.34. The lowest BCUT2D eigenvalue weighted by Gasteiger charge is -2.37. The number of ether oxygens (including phenoxy) is 1. The fourth-order valence-corrected chi connectivity index (χ4v) is 4.14. The van der Waals surface area contributed by atoms with Crippen molar-refractivity contribution in [2.75, 3.05) is 23.4 Å². The molecule has 2 aliphatic heterocycles. The van der Waals surface area contributed by atoms with Crippen LogP contribution in [0.5, 0.6) is 0 Å². The van der Waals surface area contributed by atoms with Crippen LogP contribution in [0.1, 0.15) is 18.9 Å². The highest BCUT2D eigenvalue weighted by Gasteiger charge is 2.52. The summed E-state index contributed by atoms with van der Waals surface area (Å²) in [7, 11) is 0. The third kappa shape index (κ3) is 4.51. The maximum Gasteiger partial charge on any atom is 0.264 e. The molecule has 7 atom stereocenters. The number of hydrogen-bond acceptors (Lipinski definition) is 9. The molecule has 186 valence electrons. The van der Waals surface area contributed by atoms with Gasteiger partial charge < -0.3 is 45.6 Å². The van der Waals surface area contributed by atoms with E-state index in [0.717, 1.165) is 0 Å². The Bertz CT molecular complexity index is 968. The molecule has 34 heavy (non-hydrogen) atoms. The molecule has 1 fully saturated rings. The first-order chi connectivity index (χ1) is 16.1. The molecule has 7 N–H and O–H groups in total. The first-order valence-corrected chi connectivity index (χ1v) is 10.8. The summed E-state index contributed by atoms with van der Waals surface area (Å²) >= 11 is 0. The Hall–Kier alpha value is -2.64. The maximum absolute atomic E-state index is 13.2. The molecule has 0 saturated carbocycles. The molecule has 2 amide bonds. The van der Waals surface area contributed by atoms with E-state index in [9.17, 15) is 35.1 Å². The summed E-state index contributed by atoms with van der Waals surface area (Å²) < 4.78 is 4.94. The number of carbonyl (C=O) groups excluding carboxylic acids is 2. The highest BCUT2D eigenvalue weighted by molar-refractivity contribution is 6.08. The topological polar surface area (TPSA) is 180 Å². The number of amides is 2. The second-order valence-corrected chi connectivity index (χ2v) is 8.34. The monoisotopic (exact) mass is 478 g/mol. The zero-order valence-electron chi connectivity index (χ0n) is 18.6. The smallest absolute Gasteiger partial charge is 0.264 e. The Kier molecular flexibility index (Phi) is 7.88. The Balaban J connectivity index is 1.92. The molecule has 0 bridgehead atoms. The van der Waals surface area contributed by atoms with Gasteiger partial charge in [0.2, 0.25) is 0 Å². The first kappa shape index (κ1) is 26.0. The summed E-state index contributed by atoms with van der Waals surface area (Å²) in [5.74, 6) is -2.16. The lowest BCUT2D eigenvalue weighted by molar-refractivity contribution is -0.274. The molecule has 1 saturated heterocycles. The van der Waals surface area contributed by atoms with E-state index in [0.29, 0.717) is 12.1 Å². The largest absolute Gasteiger partial charge is 0.396 e. The molecule has 0 spiro atoms. The van der Waals surface area contributed by atoms with Crippen LogP contribution >= 0.6 is 0 Å². The predicted octanol–water partition coefficient (Wildman–Crippen LogP) is -1.28. The van der Waals surface area contributed by atoms with Gasteiger partial charge in [-0.25, -0.2) is 0 Å². The Morgan fingerprint density at radius 1 is 1.26 bits per heavy atom. The van der Waals surface area contributed by atoms with Gasteiger partial charge in [-0.3, -0.25) is 9.59 Å². The van der Waals surface area contributed by atoms with Crippen LogP contribution in [0.2, 0.25) is 0 Å². The molecule has 0 aliphatic carbocycles. The second kappa shape index (κ2) is 10.3. The zero-order chi connectivity index (χ0) is 25.2. The van der Waals surface area contributed by atoms with Crippen LogP contribution < -0.4 is 10.2 Å². The van der Waals surface area contributed by atoms with Crippen molar-refractivity contribution >= 4 is 23.2 Å². The first-order valence-electron chi connectivity index (χ1n) is 10.8. The summed E-state index contributed by atoms with van der Waals surface area (Å²) in [6, 6.07) is 4.44. The van der Waals surface area contributed by atoms with Crippen LogP contribution in [0.25, 0.3) is 0 Å². The number of aliphatic hydroxyl groups excluding tert-OH is 5. The summed E-state index contributed by atoms with van der Waals surface area (Å²) in [6.07, 6.45) is -3.79. The van der Waals surface area contributed by atoms with Gasteiger partial charge in [0.25, 0.3) is 11.8 Å². The lowest BCUT2D eigenvalue weighted by Crippen LogP contribution is -2.60. The van der Waals surface area contributed by atoms with Gasteiger partial charge in [-0.2, -0.15) is 0 Å². The van der Waals surface area contributed by atoms with Crippen LogP contribution in [-0.4, -0.2) is 86.3 Å². The van der Waals surface area contributed by atoms with E-state index in [1.807, 2.05) is 0 Å². The minimum absolute atomic E-state index is 0.0829. The SMILES string of the molecule is C=CCN1C(=O)[C@@](O)([C@@H](C)/C=C/CCO)c2cc(NC(=O)[C@H]3O[C@@H](O)[C@H](O)[C@@H](O)[C@@H]3O)ccc21. The zero-order valence-corrected chi connectivity index (χ0v) is 18.6. The Morgan fingerprint density at radius 2 is 1.97 bits per heavy atom. The molecular formula is C23H30N2O9. The third-order valence-corrected chi connectivity index (χ3v) is 6.07. The number of aliphatic hydroxyl groups is 6. The van der Waals surface area contributed by atoms with Crippen LogP contribution in [0, 0.1) is 5.92 Å². The number of hydrogen-bond donors (Lipinski definition) is 7. The number of fused-ring (bicyclic) bond motifs is 1. The molecule has 2 aliphatic rings. The molecule has 0 radical (unpaired) electrons. The molecule has 0 unspecified atom stereocenters. The fourth-order valence-electron chi connectivity index (χ4n) is 4.14. The van der Waals surface area contributed by atoms with Gasteiger partial charge in [-0.05, 0) is 24.6 Å². The van der Waals surface area contributed by atoms with E-state index in [1.165, 1.54) is 23.1 Å². The number of benzene rings is 1. The number of nitrogens with one attached hydrogen (secondary N) is 1. The molecular weight excluding hydrogens is 448 g/mol. The molecule has 11 heteroatoms. The van der Waals surface area contributed by atoms with Gasteiger partial charge in [-0.15, -0.1) is 6.58 Å². The average molecular weight is 478 g/mol. The summed E-state index contributed by atoms with van der Waals surface area (Å²) in [5, 5.41) is 62.2. The number of carbonyl (C=O) groups is 2. The van der Waals surface area contributed by atoms with E-state index >= 15 is 0 Å². The molecule has 0 aromatic heterocycles. The minimum atomic E-state index is -1.96.